The zero-order valence-electron chi connectivity index (χ0n) is 15.3. The van der Waals surface area contributed by atoms with E-state index in [1.54, 1.807) is 11.1 Å². The summed E-state index contributed by atoms with van der Waals surface area (Å²) in [6.45, 7) is 0. The summed E-state index contributed by atoms with van der Waals surface area (Å²) < 4.78 is 0. The Bertz CT molecular complexity index is 1200. The Morgan fingerprint density at radius 1 is 0.667 bits per heavy atom. The summed E-state index contributed by atoms with van der Waals surface area (Å²) in [7, 11) is 1.29. The van der Waals surface area contributed by atoms with Gasteiger partial charge in [0, 0.05) is 11.0 Å². The largest absolute Gasteiger partial charge is 0.357 e. The van der Waals surface area contributed by atoms with Gasteiger partial charge in [0.25, 0.3) is 0 Å². The van der Waals surface area contributed by atoms with Gasteiger partial charge in [-0.05, 0) is 78.7 Å². The van der Waals surface area contributed by atoms with Crippen molar-refractivity contribution in [3.05, 3.63) is 89.9 Å². The van der Waals surface area contributed by atoms with Crippen LogP contribution in [0.15, 0.2) is 78.7 Å². The fourth-order valence-corrected chi connectivity index (χ4v) is 5.02. The van der Waals surface area contributed by atoms with Crippen LogP contribution >= 0.6 is 8.19 Å². The molecule has 4 aromatic carbocycles. The molecule has 1 nitrogen and oxygen atoms in total. The molecule has 1 aromatic heterocycles. The van der Waals surface area contributed by atoms with E-state index in [0.717, 1.165) is 0 Å². The number of aromatic amines is 1. The lowest BCUT2D eigenvalue weighted by Gasteiger charge is -2.18. The summed E-state index contributed by atoms with van der Waals surface area (Å²) >= 11 is 0. The van der Waals surface area contributed by atoms with Crippen molar-refractivity contribution in [2.75, 3.05) is 0 Å². The van der Waals surface area contributed by atoms with Crippen LogP contribution in [0.5, 0.6) is 0 Å². The molecule has 0 radical (unpaired) electrons. The molecule has 27 heavy (non-hydrogen) atoms. The zero-order chi connectivity index (χ0) is 18.1. The molecular weight excluding hydrogens is 345 g/mol. The number of aryl methyl sites for hydroxylation is 2. The third-order valence-electron chi connectivity index (χ3n) is 5.59. The minimum atomic E-state index is 1.25. The maximum absolute atomic E-state index is 3.16. The van der Waals surface area contributed by atoms with Gasteiger partial charge in [0.1, 0.15) is 0 Å². The van der Waals surface area contributed by atoms with Crippen molar-refractivity contribution in [3.63, 3.8) is 0 Å². The zero-order valence-corrected chi connectivity index (χ0v) is 16.2. The van der Waals surface area contributed by atoms with E-state index in [9.17, 15) is 0 Å². The van der Waals surface area contributed by atoms with Crippen molar-refractivity contribution in [1.29, 1.82) is 0 Å². The molecule has 0 saturated heterocycles. The van der Waals surface area contributed by atoms with Crippen LogP contribution in [0.3, 0.4) is 0 Å². The minimum absolute atomic E-state index is 1.25. The van der Waals surface area contributed by atoms with Crippen molar-refractivity contribution in [2.24, 2.45) is 0 Å². The summed E-state index contributed by atoms with van der Waals surface area (Å²) in [5.41, 5.74) is 4.42. The van der Waals surface area contributed by atoms with Gasteiger partial charge in [-0.15, -0.1) is 0 Å². The Balaban J connectivity index is 0.000000149. The van der Waals surface area contributed by atoms with Gasteiger partial charge in [0.15, 0.2) is 0 Å². The van der Waals surface area contributed by atoms with Gasteiger partial charge in [0.05, 0.1) is 5.52 Å². The first-order valence-electron chi connectivity index (χ1n) is 9.70. The average Bonchev–Trinajstić information content (AvgIpc) is 3.23. The lowest BCUT2D eigenvalue weighted by atomic mass is 9.86. The van der Waals surface area contributed by atoms with Crippen molar-refractivity contribution >= 4 is 40.4 Å². The molecule has 0 spiro atoms. The molecule has 0 amide bonds. The van der Waals surface area contributed by atoms with Crippen LogP contribution in [-0.2, 0) is 12.8 Å². The Morgan fingerprint density at radius 2 is 1.48 bits per heavy atom. The van der Waals surface area contributed by atoms with Gasteiger partial charge in [0.2, 0.25) is 0 Å². The fraction of sp³-hybridized carbons (Fsp3) is 0.160. The Hall–Kier alpha value is -2.63. The van der Waals surface area contributed by atoms with Crippen LogP contribution in [-0.4, -0.2) is 4.98 Å². The number of benzene rings is 4. The average molecular weight is 367 g/mol. The topological polar surface area (TPSA) is 15.8 Å². The van der Waals surface area contributed by atoms with Crippen LogP contribution in [0.25, 0.3) is 32.2 Å². The highest BCUT2D eigenvalue weighted by Crippen LogP contribution is 2.33. The van der Waals surface area contributed by atoms with Crippen molar-refractivity contribution < 1.29 is 0 Å². The van der Waals surface area contributed by atoms with E-state index >= 15 is 0 Å². The van der Waals surface area contributed by atoms with Gasteiger partial charge >= 0.3 is 0 Å². The number of nitrogens with one attached hydrogen (secondary N) is 1. The number of H-pyrrole nitrogens is 1. The predicted molar refractivity (Wildman–Crippen MR) is 119 cm³/mol. The summed E-state index contributed by atoms with van der Waals surface area (Å²) in [5, 5.41) is 7.02. The summed E-state index contributed by atoms with van der Waals surface area (Å²) in [5.74, 6) is 2.05. The first-order valence-corrected chi connectivity index (χ1v) is 10.7. The van der Waals surface area contributed by atoms with Crippen LogP contribution in [0.2, 0.25) is 0 Å². The van der Waals surface area contributed by atoms with E-state index in [2.05, 4.69) is 71.7 Å². The highest BCUT2D eigenvalue weighted by molar-refractivity contribution is 7.36. The molecule has 2 heteroatoms. The van der Waals surface area contributed by atoms with Crippen LogP contribution in [0.1, 0.15) is 24.0 Å². The molecule has 0 aliphatic heterocycles. The molecule has 0 unspecified atom stereocenters. The lowest BCUT2D eigenvalue weighted by Crippen LogP contribution is -2.02. The normalized spacial score (nSPS) is 13.6. The van der Waals surface area contributed by atoms with Crippen LogP contribution in [0.4, 0.5) is 0 Å². The number of para-hydroxylation sites is 1. The Morgan fingerprint density at radius 3 is 2.44 bits per heavy atom. The second kappa shape index (κ2) is 7.18. The maximum atomic E-state index is 3.16. The smallest absolute Gasteiger partial charge is 0.0503 e. The lowest BCUT2D eigenvalue weighted by molar-refractivity contribution is 0.690. The number of hydrogen-bond acceptors (Lipinski definition) is 0. The Kier molecular flexibility index (Phi) is 4.40. The number of hydrogen-bond donors (Lipinski definition) is 1. The quantitative estimate of drug-likeness (QED) is 0.271. The molecule has 5 aromatic rings. The maximum Gasteiger partial charge on any atom is 0.0503 e. The second-order valence-corrected chi connectivity index (χ2v) is 8.21. The number of fused-ring (bicyclic) bond motifs is 6. The highest BCUT2D eigenvalue weighted by atomic mass is 31.0. The van der Waals surface area contributed by atoms with Crippen LogP contribution in [0, 0.1) is 0 Å². The third kappa shape index (κ3) is 3.13. The van der Waals surface area contributed by atoms with E-state index in [-0.39, 0.29) is 0 Å². The van der Waals surface area contributed by atoms with E-state index in [1.165, 1.54) is 66.1 Å². The summed E-state index contributed by atoms with van der Waals surface area (Å²) in [4.78, 5) is 3.16. The fourth-order valence-electron chi connectivity index (χ4n) is 4.22. The van der Waals surface area contributed by atoms with Crippen LogP contribution < -0.4 is 0 Å². The van der Waals surface area contributed by atoms with E-state index in [0.29, 0.717) is 0 Å². The molecule has 1 heterocycles. The molecule has 132 valence electrons. The summed E-state index contributed by atoms with van der Waals surface area (Å²) in [6.07, 6.45) is 5.22. The molecular formula is C25H22NP. The first kappa shape index (κ1) is 16.5. The molecule has 6 rings (SSSR count). The number of aromatic nitrogens is 1. The van der Waals surface area contributed by atoms with Crippen molar-refractivity contribution in [2.45, 2.75) is 25.7 Å². The van der Waals surface area contributed by atoms with Gasteiger partial charge in [-0.1, -0.05) is 60.7 Å². The monoisotopic (exact) mass is 367 g/mol. The molecule has 1 aliphatic carbocycles. The second-order valence-electron chi connectivity index (χ2n) is 7.21. The number of rotatable bonds is 0. The molecule has 0 atom stereocenters. The molecule has 0 saturated carbocycles. The minimum Gasteiger partial charge on any atom is -0.357 e. The molecule has 0 bridgehead atoms. The van der Waals surface area contributed by atoms with E-state index in [4.69, 9.17) is 0 Å². The predicted octanol–water partition coefficient (Wildman–Crippen LogP) is 7.62. The van der Waals surface area contributed by atoms with E-state index in [1.807, 2.05) is 12.0 Å². The Labute approximate surface area is 161 Å². The summed E-state index contributed by atoms with van der Waals surface area (Å²) in [6, 6.07) is 26.3. The van der Waals surface area contributed by atoms with E-state index < -0.39 is 0 Å². The standard InChI is InChI=1S/C18H16.C7H6NP/c1-3-7-15-13(5-1)9-11-18-16-8-4-2-6-14(16)10-12-17(15)18;1-2-4-7-6(3-1)8-5-9-7/h1,3,5,7,9-12H,2,4,6,8H2;1-5,8H. The van der Waals surface area contributed by atoms with Gasteiger partial charge in [-0.2, -0.15) is 0 Å². The molecule has 0 fully saturated rings. The highest BCUT2D eigenvalue weighted by Gasteiger charge is 2.13. The van der Waals surface area contributed by atoms with Gasteiger partial charge < -0.3 is 4.98 Å². The molecule has 1 aliphatic rings. The SMILES string of the molecule is c1ccc2c(c1)ccc1c3c(ccc12)CCCC3.c1ccc2pc[nH]c2c1. The van der Waals surface area contributed by atoms with Crippen molar-refractivity contribution in [1.82, 2.24) is 4.98 Å². The third-order valence-corrected chi connectivity index (χ3v) is 6.51. The van der Waals surface area contributed by atoms with Gasteiger partial charge in [-0.25, -0.2) is 0 Å². The van der Waals surface area contributed by atoms with Crippen molar-refractivity contribution in [3.8, 4) is 0 Å². The van der Waals surface area contributed by atoms with Gasteiger partial charge in [-0.3, -0.25) is 0 Å². The first-order chi connectivity index (χ1) is 13.4. The molecule has 1 N–H and O–H groups in total.